The molecule has 6 nitrogen and oxygen atoms in total. The Morgan fingerprint density at radius 3 is 2.95 bits per heavy atom. The maximum Gasteiger partial charge on any atom is 0.277 e. The zero-order chi connectivity index (χ0) is 13.8. The van der Waals surface area contributed by atoms with Crippen LogP contribution in [0.2, 0.25) is 0 Å². The minimum absolute atomic E-state index is 0.113. The van der Waals surface area contributed by atoms with Crippen LogP contribution in [0.25, 0.3) is 11.6 Å². The molecular weight excluding hydrogens is 312 g/mol. The highest BCUT2D eigenvalue weighted by Crippen LogP contribution is 2.24. The second-order valence-corrected chi connectivity index (χ2v) is 5.13. The quantitative estimate of drug-likeness (QED) is 0.907. The standard InChI is InChI=1S/C12H15BrN4O2/c1-7(2)18-6-9(14)11-16-12(19-17-11)10-8(13)4-3-5-15-10/h3-5,7,9H,6,14H2,1-2H3. The summed E-state index contributed by atoms with van der Waals surface area (Å²) in [5.41, 5.74) is 6.53. The molecule has 0 aliphatic heterocycles. The van der Waals surface area contributed by atoms with Crippen molar-refractivity contribution >= 4 is 15.9 Å². The van der Waals surface area contributed by atoms with Crippen molar-refractivity contribution in [2.24, 2.45) is 5.73 Å². The van der Waals surface area contributed by atoms with Gasteiger partial charge >= 0.3 is 0 Å². The average Bonchev–Trinajstić information content (AvgIpc) is 2.86. The molecule has 0 aromatic carbocycles. The minimum Gasteiger partial charge on any atom is -0.377 e. The fraction of sp³-hybridized carbons (Fsp3) is 0.417. The van der Waals surface area contributed by atoms with Crippen LogP contribution >= 0.6 is 15.9 Å². The Morgan fingerprint density at radius 2 is 2.26 bits per heavy atom. The molecule has 0 fully saturated rings. The first-order chi connectivity index (χ1) is 9.08. The summed E-state index contributed by atoms with van der Waals surface area (Å²) in [5.74, 6) is 0.746. The van der Waals surface area contributed by atoms with Gasteiger partial charge in [-0.3, -0.25) is 0 Å². The van der Waals surface area contributed by atoms with Gasteiger partial charge in [-0.1, -0.05) is 5.16 Å². The van der Waals surface area contributed by atoms with Crippen LogP contribution in [0.1, 0.15) is 25.7 Å². The molecule has 0 bridgehead atoms. The second-order valence-electron chi connectivity index (χ2n) is 4.28. The molecule has 2 N–H and O–H groups in total. The van der Waals surface area contributed by atoms with Crippen molar-refractivity contribution < 1.29 is 9.26 Å². The van der Waals surface area contributed by atoms with E-state index in [2.05, 4.69) is 31.1 Å². The van der Waals surface area contributed by atoms with Gasteiger partial charge < -0.3 is 15.0 Å². The predicted molar refractivity (Wildman–Crippen MR) is 73.2 cm³/mol. The molecule has 7 heteroatoms. The number of rotatable bonds is 5. The number of nitrogens with two attached hydrogens (primary N) is 1. The lowest BCUT2D eigenvalue weighted by Gasteiger charge is -2.10. The monoisotopic (exact) mass is 326 g/mol. The third-order valence-corrected chi connectivity index (χ3v) is 2.98. The van der Waals surface area contributed by atoms with Crippen molar-refractivity contribution in [2.45, 2.75) is 26.0 Å². The molecule has 2 aromatic heterocycles. The van der Waals surface area contributed by atoms with E-state index in [-0.39, 0.29) is 6.10 Å². The molecule has 0 aliphatic rings. The van der Waals surface area contributed by atoms with E-state index in [9.17, 15) is 0 Å². The Balaban J connectivity index is 2.13. The number of halogens is 1. The van der Waals surface area contributed by atoms with Crippen LogP contribution in [0.5, 0.6) is 0 Å². The van der Waals surface area contributed by atoms with Crippen LogP contribution in [-0.2, 0) is 4.74 Å². The molecular formula is C12H15BrN4O2. The summed E-state index contributed by atoms with van der Waals surface area (Å²) in [4.78, 5) is 8.42. The van der Waals surface area contributed by atoms with Crippen molar-refractivity contribution in [1.29, 1.82) is 0 Å². The number of pyridine rings is 1. The molecule has 0 amide bonds. The minimum atomic E-state index is -0.414. The lowest BCUT2D eigenvalue weighted by molar-refractivity contribution is 0.0665. The molecule has 102 valence electrons. The third kappa shape index (κ3) is 3.59. The summed E-state index contributed by atoms with van der Waals surface area (Å²) < 4.78 is 11.4. The summed E-state index contributed by atoms with van der Waals surface area (Å²) in [6.07, 6.45) is 1.77. The summed E-state index contributed by atoms with van der Waals surface area (Å²) in [6.45, 7) is 4.23. The Bertz CT molecular complexity index is 544. The molecule has 0 aliphatic carbocycles. The van der Waals surface area contributed by atoms with Gasteiger partial charge in [0, 0.05) is 10.7 Å². The number of hydrogen-bond donors (Lipinski definition) is 1. The molecule has 2 heterocycles. The molecule has 2 aromatic rings. The van der Waals surface area contributed by atoms with Gasteiger partial charge in [0.2, 0.25) is 0 Å². The smallest absolute Gasteiger partial charge is 0.277 e. The summed E-state index contributed by atoms with van der Waals surface area (Å²) in [5, 5.41) is 3.86. The van der Waals surface area contributed by atoms with Gasteiger partial charge in [0.25, 0.3) is 5.89 Å². The highest BCUT2D eigenvalue weighted by Gasteiger charge is 2.18. The Labute approximate surface area is 119 Å². The van der Waals surface area contributed by atoms with E-state index in [1.54, 1.807) is 6.20 Å². The van der Waals surface area contributed by atoms with Crippen LogP contribution in [0.4, 0.5) is 0 Å². The molecule has 1 unspecified atom stereocenters. The van der Waals surface area contributed by atoms with Gasteiger partial charge in [0.05, 0.1) is 18.8 Å². The van der Waals surface area contributed by atoms with Crippen LogP contribution in [0.3, 0.4) is 0 Å². The number of hydrogen-bond acceptors (Lipinski definition) is 6. The maximum absolute atomic E-state index is 5.93. The Kier molecular flexibility index (Phi) is 4.62. The van der Waals surface area contributed by atoms with E-state index in [4.69, 9.17) is 15.0 Å². The highest BCUT2D eigenvalue weighted by molar-refractivity contribution is 9.10. The van der Waals surface area contributed by atoms with E-state index in [1.807, 2.05) is 26.0 Å². The van der Waals surface area contributed by atoms with Gasteiger partial charge in [-0.25, -0.2) is 4.98 Å². The van der Waals surface area contributed by atoms with E-state index in [0.29, 0.717) is 24.0 Å². The van der Waals surface area contributed by atoms with Gasteiger partial charge in [-0.05, 0) is 41.9 Å². The first kappa shape index (κ1) is 14.1. The highest BCUT2D eigenvalue weighted by atomic mass is 79.9. The zero-order valence-electron chi connectivity index (χ0n) is 10.7. The summed E-state index contributed by atoms with van der Waals surface area (Å²) in [6, 6.07) is 3.25. The number of ether oxygens (including phenoxy) is 1. The topological polar surface area (TPSA) is 87.1 Å². The first-order valence-corrected chi connectivity index (χ1v) is 6.69. The second kappa shape index (κ2) is 6.23. The Hall–Kier alpha value is -1.31. The SMILES string of the molecule is CC(C)OCC(N)c1noc(-c2ncccc2Br)n1. The lowest BCUT2D eigenvalue weighted by Crippen LogP contribution is -2.20. The number of aromatic nitrogens is 3. The van der Waals surface area contributed by atoms with Crippen molar-refractivity contribution in [3.05, 3.63) is 28.6 Å². The van der Waals surface area contributed by atoms with E-state index >= 15 is 0 Å². The van der Waals surface area contributed by atoms with Gasteiger partial charge in [-0.2, -0.15) is 4.98 Å². The molecule has 0 spiro atoms. The largest absolute Gasteiger partial charge is 0.377 e. The first-order valence-electron chi connectivity index (χ1n) is 5.89. The molecule has 19 heavy (non-hydrogen) atoms. The van der Waals surface area contributed by atoms with Crippen LogP contribution in [-0.4, -0.2) is 27.8 Å². The van der Waals surface area contributed by atoms with Gasteiger partial charge in [0.15, 0.2) is 5.82 Å². The van der Waals surface area contributed by atoms with E-state index < -0.39 is 6.04 Å². The maximum atomic E-state index is 5.93. The molecule has 0 saturated carbocycles. The fourth-order valence-electron chi connectivity index (χ4n) is 1.40. The van der Waals surface area contributed by atoms with Crippen molar-refractivity contribution in [3.63, 3.8) is 0 Å². The predicted octanol–water partition coefficient (Wildman–Crippen LogP) is 2.32. The van der Waals surface area contributed by atoms with Crippen molar-refractivity contribution in [2.75, 3.05) is 6.61 Å². The van der Waals surface area contributed by atoms with Crippen LogP contribution < -0.4 is 5.73 Å². The normalized spacial score (nSPS) is 12.9. The van der Waals surface area contributed by atoms with Crippen LogP contribution in [0, 0.1) is 0 Å². The average molecular weight is 327 g/mol. The molecule has 0 radical (unpaired) electrons. The van der Waals surface area contributed by atoms with Gasteiger partial charge in [-0.15, -0.1) is 0 Å². The van der Waals surface area contributed by atoms with E-state index in [0.717, 1.165) is 4.47 Å². The van der Waals surface area contributed by atoms with Crippen molar-refractivity contribution in [3.8, 4) is 11.6 Å². The third-order valence-electron chi connectivity index (χ3n) is 2.34. The molecule has 2 rings (SSSR count). The summed E-state index contributed by atoms with van der Waals surface area (Å²) in [7, 11) is 0. The zero-order valence-corrected chi connectivity index (χ0v) is 12.3. The van der Waals surface area contributed by atoms with Crippen LogP contribution in [0.15, 0.2) is 27.3 Å². The number of nitrogens with zero attached hydrogens (tertiary/aromatic N) is 3. The molecule has 0 saturated heterocycles. The molecule has 1 atom stereocenters. The summed E-state index contributed by atoms with van der Waals surface area (Å²) >= 11 is 3.38. The van der Waals surface area contributed by atoms with E-state index in [1.165, 1.54) is 0 Å². The van der Waals surface area contributed by atoms with Crippen molar-refractivity contribution in [1.82, 2.24) is 15.1 Å². The van der Waals surface area contributed by atoms with Gasteiger partial charge in [0.1, 0.15) is 5.69 Å². The Morgan fingerprint density at radius 1 is 1.47 bits per heavy atom. The fourth-order valence-corrected chi connectivity index (χ4v) is 1.82. The lowest BCUT2D eigenvalue weighted by atomic mass is 10.3.